The highest BCUT2D eigenvalue weighted by atomic mass is 16.4. The third-order valence-electron chi connectivity index (χ3n) is 2.83. The van der Waals surface area contributed by atoms with Crippen molar-refractivity contribution in [2.75, 3.05) is 11.9 Å². The first kappa shape index (κ1) is 13.1. The van der Waals surface area contributed by atoms with E-state index in [4.69, 9.17) is 5.11 Å². The zero-order valence-corrected chi connectivity index (χ0v) is 10.8. The number of carboxylic acids is 1. The smallest absolute Gasteiger partial charge is 0.335 e. The lowest BCUT2D eigenvalue weighted by Gasteiger charge is -2.06. The first-order valence-corrected chi connectivity index (χ1v) is 6.14. The van der Waals surface area contributed by atoms with Crippen LogP contribution in [-0.2, 0) is 6.42 Å². The highest BCUT2D eigenvalue weighted by molar-refractivity contribution is 5.87. The van der Waals surface area contributed by atoms with Gasteiger partial charge in [-0.05, 0) is 42.7 Å². The minimum absolute atomic E-state index is 0.317. The average molecular weight is 256 g/mol. The largest absolute Gasteiger partial charge is 0.478 e. The molecule has 0 amide bonds. The zero-order valence-electron chi connectivity index (χ0n) is 10.8. The van der Waals surface area contributed by atoms with Gasteiger partial charge in [0.1, 0.15) is 5.82 Å². The van der Waals surface area contributed by atoms with Crippen molar-refractivity contribution in [2.24, 2.45) is 0 Å². The quantitative estimate of drug-likeness (QED) is 0.863. The molecule has 0 unspecified atom stereocenters. The molecule has 0 radical (unpaired) electrons. The Bertz CT molecular complexity index is 547. The van der Waals surface area contributed by atoms with Crippen LogP contribution in [0.1, 0.15) is 21.5 Å². The maximum absolute atomic E-state index is 10.7. The summed E-state index contributed by atoms with van der Waals surface area (Å²) in [6.07, 6.45) is 2.65. The maximum Gasteiger partial charge on any atom is 0.335 e. The molecule has 2 rings (SSSR count). The Balaban J connectivity index is 1.85. The Morgan fingerprint density at radius 1 is 1.21 bits per heavy atom. The third-order valence-corrected chi connectivity index (χ3v) is 2.83. The van der Waals surface area contributed by atoms with E-state index in [1.165, 1.54) is 0 Å². The average Bonchev–Trinajstić information content (AvgIpc) is 2.41. The summed E-state index contributed by atoms with van der Waals surface area (Å²) in [5.41, 5.74) is 2.55. The van der Waals surface area contributed by atoms with E-state index in [1.807, 2.05) is 37.4 Å². The first-order valence-electron chi connectivity index (χ1n) is 6.14. The van der Waals surface area contributed by atoms with Crippen molar-refractivity contribution in [3.05, 3.63) is 59.3 Å². The van der Waals surface area contributed by atoms with E-state index in [9.17, 15) is 4.79 Å². The summed E-state index contributed by atoms with van der Waals surface area (Å²) in [6, 6.07) is 10.9. The molecule has 4 nitrogen and oxygen atoms in total. The lowest BCUT2D eigenvalue weighted by Crippen LogP contribution is -2.06. The number of aromatic carboxylic acids is 1. The zero-order chi connectivity index (χ0) is 13.7. The van der Waals surface area contributed by atoms with Gasteiger partial charge in [-0.2, -0.15) is 0 Å². The van der Waals surface area contributed by atoms with Crippen molar-refractivity contribution in [3.8, 4) is 0 Å². The van der Waals surface area contributed by atoms with Gasteiger partial charge in [0, 0.05) is 12.7 Å². The molecule has 0 bridgehead atoms. The van der Waals surface area contributed by atoms with E-state index in [1.54, 1.807) is 12.1 Å². The van der Waals surface area contributed by atoms with Gasteiger partial charge in [0.05, 0.1) is 5.56 Å². The molecule has 0 saturated heterocycles. The van der Waals surface area contributed by atoms with Gasteiger partial charge in [0.25, 0.3) is 0 Å². The van der Waals surface area contributed by atoms with Crippen molar-refractivity contribution in [1.82, 2.24) is 4.98 Å². The summed E-state index contributed by atoms with van der Waals surface area (Å²) in [5, 5.41) is 12.0. The summed E-state index contributed by atoms with van der Waals surface area (Å²) in [5.74, 6) is -0.0405. The molecule has 2 N–H and O–H groups in total. The van der Waals surface area contributed by atoms with Gasteiger partial charge in [0.15, 0.2) is 0 Å². The molecule has 19 heavy (non-hydrogen) atoms. The highest BCUT2D eigenvalue weighted by Crippen LogP contribution is 2.07. The number of hydrogen-bond donors (Lipinski definition) is 2. The van der Waals surface area contributed by atoms with Gasteiger partial charge in [-0.1, -0.05) is 18.2 Å². The molecule has 0 aliphatic rings. The second kappa shape index (κ2) is 6.00. The molecular weight excluding hydrogens is 240 g/mol. The fourth-order valence-corrected chi connectivity index (χ4v) is 1.72. The Labute approximate surface area is 112 Å². The molecule has 1 aromatic carbocycles. The number of carboxylic acid groups (broad SMARTS) is 1. The summed E-state index contributed by atoms with van der Waals surface area (Å²) >= 11 is 0. The molecule has 0 fully saturated rings. The van der Waals surface area contributed by atoms with E-state index in [-0.39, 0.29) is 0 Å². The van der Waals surface area contributed by atoms with Crippen LogP contribution in [0.15, 0.2) is 42.6 Å². The number of pyridine rings is 1. The first-order chi connectivity index (χ1) is 9.15. The SMILES string of the molecule is Cc1ccc(NCCc2ccc(C(=O)O)cc2)nc1. The minimum atomic E-state index is -0.895. The van der Waals surface area contributed by atoms with Gasteiger partial charge in [-0.3, -0.25) is 0 Å². The molecule has 0 saturated carbocycles. The minimum Gasteiger partial charge on any atom is -0.478 e. The van der Waals surface area contributed by atoms with E-state index in [0.717, 1.165) is 29.9 Å². The van der Waals surface area contributed by atoms with Crippen LogP contribution in [0.2, 0.25) is 0 Å². The topological polar surface area (TPSA) is 62.2 Å². The predicted molar refractivity (Wildman–Crippen MR) is 74.6 cm³/mol. The summed E-state index contributed by atoms with van der Waals surface area (Å²) in [7, 11) is 0. The Kier molecular flexibility index (Phi) is 4.13. The normalized spacial score (nSPS) is 10.2. The standard InChI is InChI=1S/C15H16N2O2/c1-11-2-7-14(17-10-11)16-9-8-12-3-5-13(6-4-12)15(18)19/h2-7,10H,8-9H2,1H3,(H,16,17)(H,18,19). The second-order valence-electron chi connectivity index (χ2n) is 4.40. The van der Waals surface area contributed by atoms with Gasteiger partial charge in [0.2, 0.25) is 0 Å². The van der Waals surface area contributed by atoms with Crippen molar-refractivity contribution < 1.29 is 9.90 Å². The van der Waals surface area contributed by atoms with Crippen LogP contribution < -0.4 is 5.32 Å². The third kappa shape index (κ3) is 3.81. The number of carbonyl (C=O) groups is 1. The second-order valence-corrected chi connectivity index (χ2v) is 4.40. The lowest BCUT2D eigenvalue weighted by atomic mass is 10.1. The number of nitrogens with one attached hydrogen (secondary N) is 1. The maximum atomic E-state index is 10.7. The van der Waals surface area contributed by atoms with Gasteiger partial charge in [-0.15, -0.1) is 0 Å². The van der Waals surface area contributed by atoms with Crippen LogP contribution in [0.25, 0.3) is 0 Å². The number of hydrogen-bond acceptors (Lipinski definition) is 3. The monoisotopic (exact) mass is 256 g/mol. The van der Waals surface area contributed by atoms with Crippen molar-refractivity contribution in [3.63, 3.8) is 0 Å². The molecule has 98 valence electrons. The van der Waals surface area contributed by atoms with Crippen LogP contribution in [0.3, 0.4) is 0 Å². The van der Waals surface area contributed by atoms with E-state index in [0.29, 0.717) is 5.56 Å². The molecule has 2 aromatic rings. The van der Waals surface area contributed by atoms with Gasteiger partial charge < -0.3 is 10.4 Å². The van der Waals surface area contributed by atoms with E-state index >= 15 is 0 Å². The van der Waals surface area contributed by atoms with E-state index < -0.39 is 5.97 Å². The van der Waals surface area contributed by atoms with Crippen LogP contribution in [0.4, 0.5) is 5.82 Å². The molecule has 0 spiro atoms. The Hall–Kier alpha value is -2.36. The molecule has 1 aromatic heterocycles. The van der Waals surface area contributed by atoms with Crippen LogP contribution in [0.5, 0.6) is 0 Å². The fourth-order valence-electron chi connectivity index (χ4n) is 1.72. The van der Waals surface area contributed by atoms with Crippen LogP contribution in [-0.4, -0.2) is 22.6 Å². The number of benzene rings is 1. The Morgan fingerprint density at radius 3 is 2.53 bits per heavy atom. The van der Waals surface area contributed by atoms with Gasteiger partial charge in [-0.25, -0.2) is 9.78 Å². The fraction of sp³-hybridized carbons (Fsp3) is 0.200. The highest BCUT2D eigenvalue weighted by Gasteiger charge is 2.01. The molecule has 1 heterocycles. The number of aromatic nitrogens is 1. The number of nitrogens with zero attached hydrogens (tertiary/aromatic N) is 1. The predicted octanol–water partition coefficient (Wildman–Crippen LogP) is 2.74. The molecule has 0 aliphatic carbocycles. The number of anilines is 1. The molecular formula is C15H16N2O2. The van der Waals surface area contributed by atoms with Crippen LogP contribution >= 0.6 is 0 Å². The van der Waals surface area contributed by atoms with Crippen molar-refractivity contribution in [1.29, 1.82) is 0 Å². The number of rotatable bonds is 5. The summed E-state index contributed by atoms with van der Waals surface area (Å²) in [6.45, 7) is 2.77. The molecule has 0 aliphatic heterocycles. The number of aryl methyl sites for hydroxylation is 1. The summed E-state index contributed by atoms with van der Waals surface area (Å²) in [4.78, 5) is 15.0. The Morgan fingerprint density at radius 2 is 1.95 bits per heavy atom. The van der Waals surface area contributed by atoms with Crippen LogP contribution in [0, 0.1) is 6.92 Å². The molecule has 4 heteroatoms. The van der Waals surface area contributed by atoms with Crippen molar-refractivity contribution >= 4 is 11.8 Å². The van der Waals surface area contributed by atoms with E-state index in [2.05, 4.69) is 10.3 Å². The molecule has 0 atom stereocenters. The summed E-state index contributed by atoms with van der Waals surface area (Å²) < 4.78 is 0. The van der Waals surface area contributed by atoms with Gasteiger partial charge >= 0.3 is 5.97 Å². The van der Waals surface area contributed by atoms with Crippen molar-refractivity contribution in [2.45, 2.75) is 13.3 Å². The lowest BCUT2D eigenvalue weighted by molar-refractivity contribution is 0.0697.